The Labute approximate surface area is 116 Å². The quantitative estimate of drug-likeness (QED) is 0.771. The van der Waals surface area contributed by atoms with Gasteiger partial charge in [0.25, 0.3) is 0 Å². The highest BCUT2D eigenvalue weighted by Crippen LogP contribution is 2.26. The van der Waals surface area contributed by atoms with Gasteiger partial charge >= 0.3 is 12.6 Å². The van der Waals surface area contributed by atoms with Gasteiger partial charge in [-0.2, -0.15) is 8.78 Å². The maximum Gasteiger partial charge on any atom is 0.387 e. The van der Waals surface area contributed by atoms with Crippen LogP contribution in [0.5, 0.6) is 5.75 Å². The molecule has 4 nitrogen and oxygen atoms in total. The summed E-state index contributed by atoms with van der Waals surface area (Å²) in [5.41, 5.74) is 0.509. The lowest BCUT2D eigenvalue weighted by Crippen LogP contribution is -2.38. The molecule has 2 atom stereocenters. The van der Waals surface area contributed by atoms with E-state index < -0.39 is 24.7 Å². The summed E-state index contributed by atoms with van der Waals surface area (Å²) in [5, 5.41) is 12.0. The number of carboxylic acid groups (broad SMARTS) is 1. The molecule has 0 aromatic heterocycles. The molecule has 0 saturated heterocycles. The van der Waals surface area contributed by atoms with Crippen LogP contribution in [0.3, 0.4) is 0 Å². The Morgan fingerprint density at radius 1 is 1.40 bits per heavy atom. The van der Waals surface area contributed by atoms with Crippen LogP contribution in [0.15, 0.2) is 24.3 Å². The molecule has 0 fully saturated rings. The third-order valence-electron chi connectivity index (χ3n) is 2.93. The van der Waals surface area contributed by atoms with E-state index in [1.807, 2.05) is 6.92 Å². The van der Waals surface area contributed by atoms with Crippen LogP contribution < -0.4 is 10.1 Å². The van der Waals surface area contributed by atoms with Crippen molar-refractivity contribution in [3.63, 3.8) is 0 Å². The molecule has 2 N–H and O–H groups in total. The highest BCUT2D eigenvalue weighted by atomic mass is 19.3. The SMILES string of the molecule is CCCC(NC(C)c1ccccc1OC(F)F)C(=O)O. The number of carboxylic acids is 1. The monoisotopic (exact) mass is 287 g/mol. The van der Waals surface area contributed by atoms with Gasteiger partial charge in [0.2, 0.25) is 0 Å². The average Bonchev–Trinajstić information content (AvgIpc) is 2.37. The van der Waals surface area contributed by atoms with E-state index in [1.165, 1.54) is 6.07 Å². The highest BCUT2D eigenvalue weighted by molar-refractivity contribution is 5.73. The number of carbonyl (C=O) groups is 1. The fourth-order valence-electron chi connectivity index (χ4n) is 2.00. The molecule has 0 aliphatic heterocycles. The molecule has 0 aliphatic carbocycles. The zero-order valence-electron chi connectivity index (χ0n) is 11.5. The molecule has 1 aromatic carbocycles. The summed E-state index contributed by atoms with van der Waals surface area (Å²) in [7, 11) is 0. The number of aliphatic carboxylic acids is 1. The lowest BCUT2D eigenvalue weighted by Gasteiger charge is -2.22. The second-order valence-electron chi connectivity index (χ2n) is 4.48. The summed E-state index contributed by atoms with van der Waals surface area (Å²) in [5.74, 6) is -0.894. The molecular weight excluding hydrogens is 268 g/mol. The number of hydrogen-bond donors (Lipinski definition) is 2. The number of hydrogen-bond acceptors (Lipinski definition) is 3. The van der Waals surface area contributed by atoms with Crippen LogP contribution in [0.4, 0.5) is 8.78 Å². The van der Waals surface area contributed by atoms with Crippen LogP contribution in [0.1, 0.15) is 38.3 Å². The minimum Gasteiger partial charge on any atom is -0.480 e. The first kappa shape index (κ1) is 16.4. The molecule has 20 heavy (non-hydrogen) atoms. The van der Waals surface area contributed by atoms with E-state index >= 15 is 0 Å². The number of halogens is 2. The van der Waals surface area contributed by atoms with Crippen molar-refractivity contribution in [3.8, 4) is 5.75 Å². The number of nitrogens with one attached hydrogen (secondary N) is 1. The molecule has 0 radical (unpaired) electrons. The van der Waals surface area contributed by atoms with E-state index in [2.05, 4.69) is 10.1 Å². The Morgan fingerprint density at radius 3 is 2.60 bits per heavy atom. The summed E-state index contributed by atoms with van der Waals surface area (Å²) in [6, 6.07) is 5.25. The maximum atomic E-state index is 12.3. The molecule has 0 bridgehead atoms. The smallest absolute Gasteiger partial charge is 0.387 e. The largest absolute Gasteiger partial charge is 0.480 e. The number of rotatable bonds is 8. The minimum absolute atomic E-state index is 0.0585. The first-order valence-corrected chi connectivity index (χ1v) is 6.48. The van der Waals surface area contributed by atoms with Crippen LogP contribution in [-0.4, -0.2) is 23.7 Å². The van der Waals surface area contributed by atoms with E-state index in [0.29, 0.717) is 18.4 Å². The average molecular weight is 287 g/mol. The summed E-state index contributed by atoms with van der Waals surface area (Å²) in [6.45, 7) is 0.698. The molecule has 1 rings (SSSR count). The van der Waals surface area contributed by atoms with Crippen molar-refractivity contribution in [2.75, 3.05) is 0 Å². The van der Waals surface area contributed by atoms with Gasteiger partial charge in [-0.15, -0.1) is 0 Å². The fraction of sp³-hybridized carbons (Fsp3) is 0.500. The van der Waals surface area contributed by atoms with Gasteiger partial charge in [-0.25, -0.2) is 0 Å². The summed E-state index contributed by atoms with van der Waals surface area (Å²) < 4.78 is 29.1. The lowest BCUT2D eigenvalue weighted by atomic mass is 10.0. The van der Waals surface area contributed by atoms with Crippen molar-refractivity contribution in [2.45, 2.75) is 45.4 Å². The first-order chi connectivity index (χ1) is 9.45. The molecule has 0 spiro atoms. The minimum atomic E-state index is -2.91. The molecule has 112 valence electrons. The summed E-state index contributed by atoms with van der Waals surface area (Å²) in [6.07, 6.45) is 1.18. The Bertz CT molecular complexity index is 440. The van der Waals surface area contributed by atoms with Gasteiger partial charge in [0.1, 0.15) is 11.8 Å². The number of ether oxygens (including phenoxy) is 1. The molecule has 1 aromatic rings. The molecule has 0 heterocycles. The van der Waals surface area contributed by atoms with Crippen molar-refractivity contribution in [2.24, 2.45) is 0 Å². The van der Waals surface area contributed by atoms with Crippen LogP contribution in [0.25, 0.3) is 0 Å². The summed E-state index contributed by atoms with van der Waals surface area (Å²) in [4.78, 5) is 11.1. The Balaban J connectivity index is 2.85. The lowest BCUT2D eigenvalue weighted by molar-refractivity contribution is -0.139. The Kier molecular flexibility index (Phi) is 6.38. The van der Waals surface area contributed by atoms with Gasteiger partial charge in [0.15, 0.2) is 0 Å². The van der Waals surface area contributed by atoms with Crippen LogP contribution >= 0.6 is 0 Å². The van der Waals surface area contributed by atoms with Gasteiger partial charge in [0, 0.05) is 11.6 Å². The van der Waals surface area contributed by atoms with Crippen LogP contribution in [0.2, 0.25) is 0 Å². The van der Waals surface area contributed by atoms with E-state index in [-0.39, 0.29) is 5.75 Å². The van der Waals surface area contributed by atoms with Gasteiger partial charge in [0.05, 0.1) is 0 Å². The van der Waals surface area contributed by atoms with Crippen molar-refractivity contribution < 1.29 is 23.4 Å². The van der Waals surface area contributed by atoms with E-state index in [4.69, 9.17) is 5.11 Å². The topological polar surface area (TPSA) is 58.6 Å². The van der Waals surface area contributed by atoms with Crippen LogP contribution in [-0.2, 0) is 4.79 Å². The predicted octanol–water partition coefficient (Wildman–Crippen LogP) is 3.19. The molecular formula is C14H19F2NO3. The standard InChI is InChI=1S/C14H19F2NO3/c1-3-6-11(13(18)19)17-9(2)10-7-4-5-8-12(10)20-14(15)16/h4-5,7-9,11,14,17H,3,6H2,1-2H3,(H,18,19). The number of alkyl halides is 2. The van der Waals surface area contributed by atoms with E-state index in [9.17, 15) is 13.6 Å². The van der Waals surface area contributed by atoms with Crippen molar-refractivity contribution in [3.05, 3.63) is 29.8 Å². The highest BCUT2D eigenvalue weighted by Gasteiger charge is 2.21. The molecule has 6 heteroatoms. The van der Waals surface area contributed by atoms with Crippen LogP contribution in [0, 0.1) is 0 Å². The fourth-order valence-corrected chi connectivity index (χ4v) is 2.00. The molecule has 0 saturated carbocycles. The molecule has 2 unspecified atom stereocenters. The number of benzene rings is 1. The van der Waals surface area contributed by atoms with Gasteiger partial charge in [-0.1, -0.05) is 31.5 Å². The Morgan fingerprint density at radius 2 is 2.05 bits per heavy atom. The second-order valence-corrected chi connectivity index (χ2v) is 4.48. The van der Waals surface area contributed by atoms with Gasteiger partial charge in [-0.05, 0) is 19.4 Å². The molecule has 0 aliphatic rings. The Hall–Kier alpha value is -1.69. The zero-order chi connectivity index (χ0) is 15.1. The predicted molar refractivity (Wildman–Crippen MR) is 71.0 cm³/mol. The normalized spacial score (nSPS) is 14.1. The molecule has 0 amide bonds. The van der Waals surface area contributed by atoms with E-state index in [1.54, 1.807) is 25.1 Å². The van der Waals surface area contributed by atoms with Crippen molar-refractivity contribution in [1.29, 1.82) is 0 Å². The van der Waals surface area contributed by atoms with Crippen molar-refractivity contribution in [1.82, 2.24) is 5.32 Å². The third kappa shape index (κ3) is 4.77. The number of para-hydroxylation sites is 1. The first-order valence-electron chi connectivity index (χ1n) is 6.48. The van der Waals surface area contributed by atoms with Gasteiger partial charge in [-0.3, -0.25) is 10.1 Å². The second kappa shape index (κ2) is 7.79. The zero-order valence-corrected chi connectivity index (χ0v) is 11.5. The van der Waals surface area contributed by atoms with Crippen molar-refractivity contribution >= 4 is 5.97 Å². The maximum absolute atomic E-state index is 12.3. The third-order valence-corrected chi connectivity index (χ3v) is 2.93. The summed E-state index contributed by atoms with van der Waals surface area (Å²) >= 11 is 0. The van der Waals surface area contributed by atoms with Gasteiger partial charge < -0.3 is 9.84 Å². The van der Waals surface area contributed by atoms with E-state index in [0.717, 1.165) is 0 Å².